The number of piperidine rings is 1. The lowest BCUT2D eigenvalue weighted by atomic mass is 10.00. The number of rotatable bonds is 7. The molecule has 0 aromatic rings. The third-order valence-corrected chi connectivity index (χ3v) is 5.43. The molecule has 6 heteroatoms. The molecule has 2 fully saturated rings. The van der Waals surface area contributed by atoms with Crippen molar-refractivity contribution in [2.75, 3.05) is 59.0 Å². The summed E-state index contributed by atoms with van der Waals surface area (Å²) in [5, 5.41) is 12.3. The Hall–Kier alpha value is -0.850. The molecular weight excluding hydrogens is 304 g/mol. The van der Waals surface area contributed by atoms with Gasteiger partial charge in [0, 0.05) is 58.5 Å². The number of likely N-dealkylation sites (N-methyl/N-ethyl adjacent to an activating group) is 1. The number of carbonyl (C=O) groups is 1. The Kier molecular flexibility index (Phi) is 8.29. The van der Waals surface area contributed by atoms with Crippen LogP contribution in [0.4, 0.5) is 4.79 Å². The molecule has 2 unspecified atom stereocenters. The summed E-state index contributed by atoms with van der Waals surface area (Å²) in [6.45, 7) is 12.9. The van der Waals surface area contributed by atoms with Gasteiger partial charge in [-0.15, -0.1) is 0 Å². The van der Waals surface area contributed by atoms with Gasteiger partial charge in [-0.3, -0.25) is 0 Å². The normalized spacial score (nSPS) is 24.8. The zero-order valence-corrected chi connectivity index (χ0v) is 15.5. The van der Waals surface area contributed by atoms with E-state index in [1.54, 1.807) is 0 Å². The number of aliphatic hydroxyl groups is 1. The fraction of sp³-hybridized carbons (Fsp3) is 0.944. The molecule has 140 valence electrons. The zero-order chi connectivity index (χ0) is 17.4. The van der Waals surface area contributed by atoms with E-state index in [4.69, 9.17) is 0 Å². The first-order valence-corrected chi connectivity index (χ1v) is 9.74. The second kappa shape index (κ2) is 10.2. The number of urea groups is 1. The number of piperazine rings is 1. The Morgan fingerprint density at radius 1 is 1.17 bits per heavy atom. The zero-order valence-electron chi connectivity index (χ0n) is 15.5. The minimum absolute atomic E-state index is 0.0517. The van der Waals surface area contributed by atoms with E-state index in [9.17, 15) is 9.90 Å². The standard InChI is InChI=1S/C18H36N4O2/c1-3-20-9-11-21(12-10-20)15-16(2)14-19-18(24)22-8-5-4-6-17(22)7-13-23/h16-17,23H,3-15H2,1-2H3,(H,19,24). The van der Waals surface area contributed by atoms with Gasteiger partial charge in [0.15, 0.2) is 0 Å². The van der Waals surface area contributed by atoms with E-state index in [0.717, 1.165) is 71.6 Å². The quantitative estimate of drug-likeness (QED) is 0.731. The number of carbonyl (C=O) groups excluding carboxylic acids is 1. The highest BCUT2D eigenvalue weighted by molar-refractivity contribution is 5.74. The predicted molar refractivity (Wildman–Crippen MR) is 97.2 cm³/mol. The number of nitrogens with zero attached hydrogens (tertiary/aromatic N) is 3. The Bertz CT molecular complexity index is 370. The molecule has 0 bridgehead atoms. The van der Waals surface area contributed by atoms with Gasteiger partial charge in [0.2, 0.25) is 0 Å². The smallest absolute Gasteiger partial charge is 0.317 e. The van der Waals surface area contributed by atoms with Crippen LogP contribution in [0.3, 0.4) is 0 Å². The molecule has 2 atom stereocenters. The van der Waals surface area contributed by atoms with Crippen LogP contribution in [0.2, 0.25) is 0 Å². The maximum atomic E-state index is 12.5. The maximum absolute atomic E-state index is 12.5. The number of amides is 2. The van der Waals surface area contributed by atoms with E-state index < -0.39 is 0 Å². The molecule has 2 aliphatic rings. The van der Waals surface area contributed by atoms with Crippen molar-refractivity contribution in [3.05, 3.63) is 0 Å². The van der Waals surface area contributed by atoms with Crippen molar-refractivity contribution >= 4 is 6.03 Å². The summed E-state index contributed by atoms with van der Waals surface area (Å²) in [5.41, 5.74) is 0. The summed E-state index contributed by atoms with van der Waals surface area (Å²) in [4.78, 5) is 19.4. The van der Waals surface area contributed by atoms with Gasteiger partial charge in [-0.2, -0.15) is 0 Å². The van der Waals surface area contributed by atoms with Crippen molar-refractivity contribution in [1.82, 2.24) is 20.0 Å². The van der Waals surface area contributed by atoms with Gasteiger partial charge in [0.1, 0.15) is 0 Å². The Morgan fingerprint density at radius 3 is 2.54 bits per heavy atom. The predicted octanol–water partition coefficient (Wildman–Crippen LogP) is 1.21. The largest absolute Gasteiger partial charge is 0.396 e. The molecule has 2 amide bonds. The minimum atomic E-state index is 0.0517. The van der Waals surface area contributed by atoms with Crippen LogP contribution < -0.4 is 5.32 Å². The second-order valence-corrected chi connectivity index (χ2v) is 7.38. The molecule has 6 nitrogen and oxygen atoms in total. The van der Waals surface area contributed by atoms with Gasteiger partial charge in [-0.1, -0.05) is 13.8 Å². The molecule has 0 aliphatic carbocycles. The first-order valence-electron chi connectivity index (χ1n) is 9.74. The van der Waals surface area contributed by atoms with Gasteiger partial charge in [0.25, 0.3) is 0 Å². The molecule has 2 saturated heterocycles. The Balaban J connectivity index is 1.68. The number of likely N-dealkylation sites (tertiary alicyclic amines) is 1. The second-order valence-electron chi connectivity index (χ2n) is 7.38. The molecule has 2 rings (SSSR count). The summed E-state index contributed by atoms with van der Waals surface area (Å²) in [7, 11) is 0. The number of aliphatic hydroxyl groups excluding tert-OH is 1. The molecule has 0 spiro atoms. The van der Waals surface area contributed by atoms with Gasteiger partial charge in [-0.05, 0) is 38.1 Å². The first kappa shape index (κ1) is 19.5. The monoisotopic (exact) mass is 340 g/mol. The van der Waals surface area contributed by atoms with Crippen LogP contribution in [0.1, 0.15) is 39.5 Å². The van der Waals surface area contributed by atoms with Gasteiger partial charge < -0.3 is 25.1 Å². The Morgan fingerprint density at radius 2 is 1.88 bits per heavy atom. The van der Waals surface area contributed by atoms with Gasteiger partial charge in [-0.25, -0.2) is 4.79 Å². The maximum Gasteiger partial charge on any atom is 0.317 e. The van der Waals surface area contributed by atoms with E-state index in [-0.39, 0.29) is 18.7 Å². The molecule has 0 radical (unpaired) electrons. The highest BCUT2D eigenvalue weighted by atomic mass is 16.3. The van der Waals surface area contributed by atoms with Crippen molar-refractivity contribution in [3.8, 4) is 0 Å². The van der Waals surface area contributed by atoms with Crippen LogP contribution in [-0.2, 0) is 0 Å². The van der Waals surface area contributed by atoms with Crippen LogP contribution in [0, 0.1) is 5.92 Å². The lowest BCUT2D eigenvalue weighted by Crippen LogP contribution is -2.51. The van der Waals surface area contributed by atoms with E-state index >= 15 is 0 Å². The highest BCUT2D eigenvalue weighted by Crippen LogP contribution is 2.19. The summed E-state index contributed by atoms with van der Waals surface area (Å²) >= 11 is 0. The number of hydrogen-bond donors (Lipinski definition) is 2. The molecule has 2 heterocycles. The van der Waals surface area contributed by atoms with Crippen molar-refractivity contribution in [1.29, 1.82) is 0 Å². The summed E-state index contributed by atoms with van der Waals surface area (Å²) in [6, 6.07) is 0.261. The third-order valence-electron chi connectivity index (χ3n) is 5.43. The molecule has 2 aliphatic heterocycles. The van der Waals surface area contributed by atoms with Gasteiger partial charge in [0.05, 0.1) is 0 Å². The lowest BCUT2D eigenvalue weighted by molar-refractivity contribution is 0.119. The summed E-state index contributed by atoms with van der Waals surface area (Å²) < 4.78 is 0. The van der Waals surface area contributed by atoms with Crippen LogP contribution in [-0.4, -0.2) is 90.8 Å². The molecule has 0 aromatic heterocycles. The minimum Gasteiger partial charge on any atom is -0.396 e. The molecule has 0 aromatic carbocycles. The van der Waals surface area contributed by atoms with E-state index in [0.29, 0.717) is 12.3 Å². The van der Waals surface area contributed by atoms with Crippen LogP contribution in [0.25, 0.3) is 0 Å². The van der Waals surface area contributed by atoms with Gasteiger partial charge >= 0.3 is 6.03 Å². The fourth-order valence-corrected chi connectivity index (χ4v) is 3.87. The molecule has 24 heavy (non-hydrogen) atoms. The van der Waals surface area contributed by atoms with Crippen molar-refractivity contribution < 1.29 is 9.90 Å². The van der Waals surface area contributed by atoms with Crippen molar-refractivity contribution in [2.24, 2.45) is 5.92 Å². The molecular formula is C18H36N4O2. The van der Waals surface area contributed by atoms with Crippen LogP contribution in [0.15, 0.2) is 0 Å². The average Bonchev–Trinajstić information content (AvgIpc) is 2.61. The summed E-state index contributed by atoms with van der Waals surface area (Å²) in [5.74, 6) is 0.461. The molecule has 2 N–H and O–H groups in total. The first-order chi connectivity index (χ1) is 11.6. The fourth-order valence-electron chi connectivity index (χ4n) is 3.87. The summed E-state index contributed by atoms with van der Waals surface area (Å²) in [6.07, 6.45) is 3.96. The SMILES string of the molecule is CCN1CCN(CC(C)CNC(=O)N2CCCCC2CCO)CC1. The van der Waals surface area contributed by atoms with Crippen LogP contribution in [0.5, 0.6) is 0 Å². The van der Waals surface area contributed by atoms with E-state index in [1.807, 2.05) is 4.90 Å². The molecule has 0 saturated carbocycles. The van der Waals surface area contributed by atoms with E-state index in [1.165, 1.54) is 0 Å². The lowest BCUT2D eigenvalue weighted by Gasteiger charge is -2.37. The van der Waals surface area contributed by atoms with Crippen LogP contribution >= 0.6 is 0 Å². The van der Waals surface area contributed by atoms with Crippen molar-refractivity contribution in [2.45, 2.75) is 45.6 Å². The van der Waals surface area contributed by atoms with E-state index in [2.05, 4.69) is 29.0 Å². The third kappa shape index (κ3) is 5.90. The topological polar surface area (TPSA) is 59.0 Å². The van der Waals surface area contributed by atoms with Crippen molar-refractivity contribution in [3.63, 3.8) is 0 Å². The average molecular weight is 341 g/mol. The number of nitrogens with one attached hydrogen (secondary N) is 1. The Labute approximate surface area is 147 Å². The highest BCUT2D eigenvalue weighted by Gasteiger charge is 2.26. The number of hydrogen-bond acceptors (Lipinski definition) is 4.